The summed E-state index contributed by atoms with van der Waals surface area (Å²) in [4.78, 5) is 10.9. The second-order valence-corrected chi connectivity index (χ2v) is 21.3. The van der Waals surface area contributed by atoms with Crippen LogP contribution in [-0.2, 0) is 9.22 Å². The first-order chi connectivity index (χ1) is 7.99. The molecular formula is C13H26O3Si2. The van der Waals surface area contributed by atoms with Gasteiger partial charge in [-0.15, -0.1) is 0 Å². The van der Waals surface area contributed by atoms with Crippen molar-refractivity contribution >= 4 is 21.4 Å². The third-order valence-corrected chi connectivity index (χ3v) is 21.3. The first-order valence-corrected chi connectivity index (χ1v) is 13.4. The Morgan fingerprint density at radius 1 is 1.39 bits per heavy atom. The van der Waals surface area contributed by atoms with E-state index in [1.54, 1.807) is 6.92 Å². The van der Waals surface area contributed by atoms with E-state index in [-0.39, 0.29) is 5.60 Å². The summed E-state index contributed by atoms with van der Waals surface area (Å²) in [7, 11) is -3.16. The molecule has 1 aliphatic rings. The minimum Gasteiger partial charge on any atom is -0.478 e. The highest BCUT2D eigenvalue weighted by Gasteiger charge is 2.52. The van der Waals surface area contributed by atoms with Gasteiger partial charge in [0.15, 0.2) is 7.83 Å². The third-order valence-electron chi connectivity index (χ3n) is 4.46. The minimum absolute atomic E-state index is 0.00773. The van der Waals surface area contributed by atoms with Gasteiger partial charge in [-0.1, -0.05) is 18.7 Å². The standard InChI is InChI=1S/C13H26O3Si2/c1-11(12(14)15)7-9-18(6)10-8-13(2,3)16-17(18,4)5/h7H,8-10H2,1-6H3,(H,14,15). The van der Waals surface area contributed by atoms with Crippen molar-refractivity contribution in [2.45, 2.75) is 64.5 Å². The quantitative estimate of drug-likeness (QED) is 0.637. The summed E-state index contributed by atoms with van der Waals surface area (Å²) < 4.78 is 6.39. The number of carboxylic acids is 1. The van der Waals surface area contributed by atoms with E-state index in [0.717, 1.165) is 12.5 Å². The lowest BCUT2D eigenvalue weighted by Gasteiger charge is -2.51. The number of carboxylic acid groups (broad SMARTS) is 1. The first kappa shape index (κ1) is 15.7. The Kier molecular flexibility index (Phi) is 4.30. The molecule has 1 fully saturated rings. The van der Waals surface area contributed by atoms with Crippen molar-refractivity contribution < 1.29 is 14.3 Å². The molecule has 0 amide bonds. The van der Waals surface area contributed by atoms with E-state index in [1.807, 2.05) is 6.08 Å². The lowest BCUT2D eigenvalue weighted by atomic mass is 10.1. The van der Waals surface area contributed by atoms with E-state index in [2.05, 4.69) is 33.5 Å². The van der Waals surface area contributed by atoms with E-state index < -0.39 is 21.4 Å². The number of rotatable bonds is 3. The van der Waals surface area contributed by atoms with E-state index in [4.69, 9.17) is 9.53 Å². The van der Waals surface area contributed by atoms with Crippen molar-refractivity contribution in [1.82, 2.24) is 0 Å². The molecule has 1 atom stereocenters. The minimum atomic E-state index is -1.68. The van der Waals surface area contributed by atoms with Gasteiger partial charge >= 0.3 is 5.97 Å². The molecular weight excluding hydrogens is 260 g/mol. The Balaban J connectivity index is 2.87. The maximum Gasteiger partial charge on any atom is 0.330 e. The molecule has 18 heavy (non-hydrogen) atoms. The molecule has 0 saturated carbocycles. The van der Waals surface area contributed by atoms with Crippen molar-refractivity contribution in [3.05, 3.63) is 11.6 Å². The average Bonchev–Trinajstić information content (AvgIpc) is 2.19. The molecule has 1 N–H and O–H groups in total. The van der Waals surface area contributed by atoms with Crippen molar-refractivity contribution in [3.63, 3.8) is 0 Å². The maximum absolute atomic E-state index is 10.9. The molecule has 0 bridgehead atoms. The van der Waals surface area contributed by atoms with Crippen molar-refractivity contribution in [2.24, 2.45) is 0 Å². The van der Waals surface area contributed by atoms with Gasteiger partial charge < -0.3 is 9.53 Å². The predicted octanol–water partition coefficient (Wildman–Crippen LogP) is 3.58. The monoisotopic (exact) mass is 286 g/mol. The molecule has 0 aromatic rings. The summed E-state index contributed by atoms with van der Waals surface area (Å²) in [5.41, 5.74) is 0.478. The lowest BCUT2D eigenvalue weighted by Crippen LogP contribution is -2.65. The summed E-state index contributed by atoms with van der Waals surface area (Å²) >= 11 is 0. The van der Waals surface area contributed by atoms with Gasteiger partial charge in [-0.25, -0.2) is 4.79 Å². The molecule has 0 aromatic heterocycles. The summed E-state index contributed by atoms with van der Waals surface area (Å²) in [6.07, 6.45) is 3.02. The largest absolute Gasteiger partial charge is 0.478 e. The molecule has 1 saturated heterocycles. The first-order valence-electron chi connectivity index (χ1n) is 6.59. The van der Waals surface area contributed by atoms with Crippen LogP contribution in [0.15, 0.2) is 11.6 Å². The zero-order valence-electron chi connectivity index (χ0n) is 12.5. The Morgan fingerprint density at radius 2 is 1.94 bits per heavy atom. The fraction of sp³-hybridized carbons (Fsp3) is 0.769. The van der Waals surface area contributed by atoms with Gasteiger partial charge in [-0.05, 0) is 46.3 Å². The van der Waals surface area contributed by atoms with Crippen LogP contribution in [0.3, 0.4) is 0 Å². The van der Waals surface area contributed by atoms with Crippen LogP contribution in [0.1, 0.15) is 27.2 Å². The van der Waals surface area contributed by atoms with Gasteiger partial charge in [0.2, 0.25) is 0 Å². The van der Waals surface area contributed by atoms with Crippen LogP contribution in [0.2, 0.25) is 31.7 Å². The topological polar surface area (TPSA) is 46.5 Å². The zero-order chi connectivity index (χ0) is 14.2. The SMILES string of the molecule is CC(=CC[Si]1(C)CCC(C)(C)O[Si]1(C)C)C(=O)O. The van der Waals surface area contributed by atoms with Crippen LogP contribution in [0.4, 0.5) is 0 Å². The molecule has 5 heteroatoms. The number of aliphatic carboxylic acids is 1. The molecule has 3 nitrogen and oxygen atoms in total. The van der Waals surface area contributed by atoms with Gasteiger partial charge in [0.05, 0.1) is 13.2 Å². The Morgan fingerprint density at radius 3 is 2.39 bits per heavy atom. The molecule has 0 aliphatic carbocycles. The third kappa shape index (κ3) is 3.33. The molecule has 1 unspecified atom stereocenters. The van der Waals surface area contributed by atoms with Crippen LogP contribution < -0.4 is 0 Å². The molecule has 104 valence electrons. The van der Waals surface area contributed by atoms with E-state index >= 15 is 0 Å². The van der Waals surface area contributed by atoms with Crippen LogP contribution in [0.25, 0.3) is 0 Å². The molecule has 0 aromatic carbocycles. The smallest absolute Gasteiger partial charge is 0.330 e. The fourth-order valence-corrected chi connectivity index (χ4v) is 13.0. The average molecular weight is 287 g/mol. The van der Waals surface area contributed by atoms with E-state index in [1.165, 1.54) is 6.04 Å². The fourth-order valence-electron chi connectivity index (χ4n) is 2.56. The van der Waals surface area contributed by atoms with Crippen LogP contribution in [0.5, 0.6) is 0 Å². The van der Waals surface area contributed by atoms with Crippen molar-refractivity contribution in [1.29, 1.82) is 0 Å². The second-order valence-electron chi connectivity index (χ2n) is 6.83. The summed E-state index contributed by atoms with van der Waals surface area (Å²) in [6, 6.07) is 2.20. The summed E-state index contributed by atoms with van der Waals surface area (Å²) in [6.45, 7) is 13.0. The number of hydrogen-bond donors (Lipinski definition) is 1. The normalized spacial score (nSPS) is 31.1. The van der Waals surface area contributed by atoms with E-state index in [0.29, 0.717) is 5.57 Å². The van der Waals surface area contributed by atoms with Crippen LogP contribution in [-0.4, -0.2) is 32.1 Å². The van der Waals surface area contributed by atoms with Gasteiger partial charge in [0.25, 0.3) is 0 Å². The van der Waals surface area contributed by atoms with Crippen LogP contribution >= 0.6 is 0 Å². The highest BCUT2D eigenvalue weighted by Crippen LogP contribution is 2.41. The lowest BCUT2D eigenvalue weighted by molar-refractivity contribution is -0.132. The molecule has 0 spiro atoms. The highest BCUT2D eigenvalue weighted by molar-refractivity contribution is 7.39. The number of carbonyl (C=O) groups is 1. The van der Waals surface area contributed by atoms with Gasteiger partial charge in [-0.2, -0.15) is 0 Å². The highest BCUT2D eigenvalue weighted by atomic mass is 29.3. The van der Waals surface area contributed by atoms with Crippen LogP contribution in [0, 0.1) is 0 Å². The van der Waals surface area contributed by atoms with E-state index in [9.17, 15) is 4.79 Å². The number of allylic oxidation sites excluding steroid dienone is 1. The molecule has 1 heterocycles. The van der Waals surface area contributed by atoms with Crippen molar-refractivity contribution in [3.8, 4) is 0 Å². The van der Waals surface area contributed by atoms with Crippen molar-refractivity contribution in [2.75, 3.05) is 0 Å². The Hall–Kier alpha value is -0.396. The summed E-state index contributed by atoms with van der Waals surface area (Å²) in [5.74, 6) is -0.802. The predicted molar refractivity (Wildman–Crippen MR) is 79.9 cm³/mol. The van der Waals surface area contributed by atoms with Gasteiger partial charge in [0, 0.05) is 5.57 Å². The molecule has 1 rings (SSSR count). The maximum atomic E-state index is 10.9. The Labute approximate surface area is 112 Å². The Bertz CT molecular complexity index is 374. The number of hydrogen-bond acceptors (Lipinski definition) is 2. The molecule has 1 aliphatic heterocycles. The summed E-state index contributed by atoms with van der Waals surface area (Å²) in [5, 5.41) is 8.94. The van der Waals surface area contributed by atoms with Gasteiger partial charge in [-0.3, -0.25) is 0 Å². The zero-order valence-corrected chi connectivity index (χ0v) is 14.5. The second kappa shape index (κ2) is 4.94. The molecule has 0 radical (unpaired) electrons. The van der Waals surface area contributed by atoms with Gasteiger partial charge in [0.1, 0.15) is 0 Å².